The first-order valence-electron chi connectivity index (χ1n) is 4.52. The van der Waals surface area contributed by atoms with Crippen molar-refractivity contribution in [3.63, 3.8) is 0 Å². The second-order valence-corrected chi connectivity index (χ2v) is 4.35. The number of benzene rings is 1. The maximum atomic E-state index is 6.05. The molecule has 1 aromatic carbocycles. The molecular formula is C11H13BrClN. The van der Waals surface area contributed by atoms with Crippen LogP contribution in [0.4, 0.5) is 0 Å². The van der Waals surface area contributed by atoms with E-state index in [-0.39, 0.29) is 0 Å². The molecule has 0 amide bonds. The van der Waals surface area contributed by atoms with Gasteiger partial charge >= 0.3 is 0 Å². The van der Waals surface area contributed by atoms with Crippen LogP contribution in [-0.2, 0) is 0 Å². The lowest BCUT2D eigenvalue weighted by Crippen LogP contribution is -2.01. The zero-order valence-electron chi connectivity index (χ0n) is 8.06. The molecule has 0 radical (unpaired) electrons. The summed E-state index contributed by atoms with van der Waals surface area (Å²) < 4.78 is 1.03. The van der Waals surface area contributed by atoms with E-state index in [2.05, 4.69) is 22.9 Å². The van der Waals surface area contributed by atoms with Crippen LogP contribution in [0.2, 0.25) is 5.02 Å². The normalized spacial score (nSPS) is 11.9. The van der Waals surface area contributed by atoms with Crippen LogP contribution >= 0.6 is 27.5 Å². The highest BCUT2D eigenvalue weighted by Crippen LogP contribution is 2.23. The van der Waals surface area contributed by atoms with Crippen molar-refractivity contribution >= 4 is 33.6 Å². The summed E-state index contributed by atoms with van der Waals surface area (Å²) in [4.78, 5) is 0. The summed E-state index contributed by atoms with van der Waals surface area (Å²) in [7, 11) is 0. The molecule has 0 aliphatic heterocycles. The Morgan fingerprint density at radius 2 is 2.29 bits per heavy atom. The number of rotatable bonds is 3. The van der Waals surface area contributed by atoms with Crippen LogP contribution in [-0.4, -0.2) is 6.54 Å². The Morgan fingerprint density at radius 3 is 2.86 bits per heavy atom. The molecule has 0 aliphatic carbocycles. The van der Waals surface area contributed by atoms with E-state index in [0.717, 1.165) is 21.5 Å². The first-order valence-corrected chi connectivity index (χ1v) is 5.69. The summed E-state index contributed by atoms with van der Waals surface area (Å²) in [6, 6.07) is 5.79. The lowest BCUT2D eigenvalue weighted by atomic mass is 10.1. The highest BCUT2D eigenvalue weighted by molar-refractivity contribution is 9.10. The predicted octanol–water partition coefficient (Wildman–Crippen LogP) is 3.85. The molecule has 0 bridgehead atoms. The first kappa shape index (κ1) is 11.8. The second-order valence-electron chi connectivity index (χ2n) is 3.03. The third kappa shape index (κ3) is 3.12. The first-order chi connectivity index (χ1) is 6.67. The van der Waals surface area contributed by atoms with E-state index in [0.29, 0.717) is 6.54 Å². The average Bonchev–Trinajstić information content (AvgIpc) is 2.19. The Kier molecular flexibility index (Phi) is 4.66. The minimum atomic E-state index is 0.583. The van der Waals surface area contributed by atoms with Gasteiger partial charge in [-0.25, -0.2) is 0 Å². The molecule has 0 heterocycles. The summed E-state index contributed by atoms with van der Waals surface area (Å²) in [6.07, 6.45) is 3.01. The molecule has 2 N–H and O–H groups in total. The fourth-order valence-electron chi connectivity index (χ4n) is 1.15. The maximum absolute atomic E-state index is 6.05. The van der Waals surface area contributed by atoms with Gasteiger partial charge in [-0.1, -0.05) is 46.1 Å². The minimum absolute atomic E-state index is 0.583. The van der Waals surface area contributed by atoms with Crippen LogP contribution in [0.15, 0.2) is 28.2 Å². The summed E-state index contributed by atoms with van der Waals surface area (Å²) in [5, 5.41) is 0.757. The third-order valence-corrected chi connectivity index (χ3v) is 2.87. The van der Waals surface area contributed by atoms with Crippen LogP contribution in [0.1, 0.15) is 18.9 Å². The molecule has 0 spiro atoms. The molecule has 14 heavy (non-hydrogen) atoms. The van der Waals surface area contributed by atoms with E-state index in [9.17, 15) is 0 Å². The zero-order valence-corrected chi connectivity index (χ0v) is 10.4. The van der Waals surface area contributed by atoms with Gasteiger partial charge in [0.1, 0.15) is 0 Å². The van der Waals surface area contributed by atoms with E-state index < -0.39 is 0 Å². The Morgan fingerprint density at radius 1 is 1.57 bits per heavy atom. The smallest absolute Gasteiger partial charge is 0.0479 e. The van der Waals surface area contributed by atoms with Crippen molar-refractivity contribution in [1.82, 2.24) is 0 Å². The predicted molar refractivity (Wildman–Crippen MR) is 66.5 cm³/mol. The summed E-state index contributed by atoms with van der Waals surface area (Å²) in [5.41, 5.74) is 7.81. The van der Waals surface area contributed by atoms with Gasteiger partial charge in [0, 0.05) is 16.0 Å². The van der Waals surface area contributed by atoms with Gasteiger partial charge in [0.2, 0.25) is 0 Å². The van der Waals surface area contributed by atoms with E-state index in [1.165, 1.54) is 5.57 Å². The summed E-state index contributed by atoms with van der Waals surface area (Å²) >= 11 is 9.46. The standard InChI is InChI=1S/C11H13BrClN/c1-2-8(7-14)5-9-6-10(12)3-4-11(9)13/h3-6H,2,7,14H2,1H3/b8-5-. The molecule has 0 atom stereocenters. The van der Waals surface area contributed by atoms with E-state index in [1.54, 1.807) is 0 Å². The van der Waals surface area contributed by atoms with E-state index >= 15 is 0 Å². The Hall–Kier alpha value is -0.310. The van der Waals surface area contributed by atoms with Crippen molar-refractivity contribution in [1.29, 1.82) is 0 Å². The number of halogens is 2. The number of hydrogen-bond donors (Lipinski definition) is 1. The van der Waals surface area contributed by atoms with Gasteiger partial charge in [-0.2, -0.15) is 0 Å². The quantitative estimate of drug-likeness (QED) is 0.890. The molecule has 1 rings (SSSR count). The molecule has 0 aromatic heterocycles. The fourth-order valence-corrected chi connectivity index (χ4v) is 1.70. The molecule has 3 heteroatoms. The molecule has 0 fully saturated rings. The lowest BCUT2D eigenvalue weighted by Gasteiger charge is -2.03. The van der Waals surface area contributed by atoms with Gasteiger partial charge in [0.15, 0.2) is 0 Å². The highest BCUT2D eigenvalue weighted by atomic mass is 79.9. The Balaban J connectivity index is 3.06. The Labute approximate surface area is 98.1 Å². The molecule has 1 nitrogen and oxygen atoms in total. The van der Waals surface area contributed by atoms with Crippen LogP contribution in [0.25, 0.3) is 6.08 Å². The van der Waals surface area contributed by atoms with Crippen molar-refractivity contribution in [2.45, 2.75) is 13.3 Å². The van der Waals surface area contributed by atoms with E-state index in [4.69, 9.17) is 17.3 Å². The SMILES string of the molecule is CC/C(=C/c1cc(Br)ccc1Cl)CN. The van der Waals surface area contributed by atoms with Crippen LogP contribution in [0.3, 0.4) is 0 Å². The molecular weight excluding hydrogens is 261 g/mol. The van der Waals surface area contributed by atoms with Crippen LogP contribution in [0, 0.1) is 0 Å². The van der Waals surface area contributed by atoms with Crippen molar-refractivity contribution in [2.24, 2.45) is 5.73 Å². The molecule has 0 aliphatic rings. The monoisotopic (exact) mass is 273 g/mol. The summed E-state index contributed by atoms with van der Waals surface area (Å²) in [5.74, 6) is 0. The third-order valence-electron chi connectivity index (χ3n) is 2.03. The zero-order chi connectivity index (χ0) is 10.6. The second kappa shape index (κ2) is 5.54. The van der Waals surface area contributed by atoms with Gasteiger partial charge in [-0.05, 0) is 30.2 Å². The highest BCUT2D eigenvalue weighted by Gasteiger charge is 1.99. The molecule has 1 aromatic rings. The Bertz CT molecular complexity index is 341. The topological polar surface area (TPSA) is 26.0 Å². The van der Waals surface area contributed by atoms with Crippen molar-refractivity contribution < 1.29 is 0 Å². The number of nitrogens with two attached hydrogens (primary N) is 1. The molecule has 0 unspecified atom stereocenters. The molecule has 76 valence electrons. The van der Waals surface area contributed by atoms with Crippen molar-refractivity contribution in [3.05, 3.63) is 38.8 Å². The number of hydrogen-bond acceptors (Lipinski definition) is 1. The molecule has 0 saturated carbocycles. The van der Waals surface area contributed by atoms with Gasteiger partial charge in [-0.15, -0.1) is 0 Å². The molecule has 0 saturated heterocycles. The van der Waals surface area contributed by atoms with Gasteiger partial charge in [-0.3, -0.25) is 0 Å². The van der Waals surface area contributed by atoms with Crippen LogP contribution in [0.5, 0.6) is 0 Å². The maximum Gasteiger partial charge on any atom is 0.0479 e. The van der Waals surface area contributed by atoms with Gasteiger partial charge in [0.05, 0.1) is 0 Å². The van der Waals surface area contributed by atoms with Crippen LogP contribution < -0.4 is 5.73 Å². The average molecular weight is 275 g/mol. The van der Waals surface area contributed by atoms with Gasteiger partial charge in [0.25, 0.3) is 0 Å². The lowest BCUT2D eigenvalue weighted by molar-refractivity contribution is 1.02. The summed E-state index contributed by atoms with van der Waals surface area (Å²) in [6.45, 7) is 2.67. The largest absolute Gasteiger partial charge is 0.327 e. The minimum Gasteiger partial charge on any atom is -0.327 e. The van der Waals surface area contributed by atoms with E-state index in [1.807, 2.05) is 24.3 Å². The van der Waals surface area contributed by atoms with Gasteiger partial charge < -0.3 is 5.73 Å². The van der Waals surface area contributed by atoms with Crippen molar-refractivity contribution in [2.75, 3.05) is 6.54 Å². The fraction of sp³-hybridized carbons (Fsp3) is 0.273. The van der Waals surface area contributed by atoms with Crippen molar-refractivity contribution in [3.8, 4) is 0 Å².